The number of anilines is 1. The summed E-state index contributed by atoms with van der Waals surface area (Å²) >= 11 is 0. The van der Waals surface area contributed by atoms with Gasteiger partial charge in [-0.3, -0.25) is 9.59 Å². The quantitative estimate of drug-likeness (QED) is 0.437. The summed E-state index contributed by atoms with van der Waals surface area (Å²) in [6.07, 6.45) is 0. The first-order chi connectivity index (χ1) is 8.90. The van der Waals surface area contributed by atoms with Gasteiger partial charge in [0.05, 0.1) is 5.69 Å². The molecule has 0 saturated carbocycles. The summed E-state index contributed by atoms with van der Waals surface area (Å²) in [4.78, 5) is 21.8. The molecule has 4 N–H and O–H groups in total. The van der Waals surface area contributed by atoms with Crippen LogP contribution in [-0.4, -0.2) is 16.9 Å². The van der Waals surface area contributed by atoms with Crippen molar-refractivity contribution < 1.29 is 14.7 Å². The summed E-state index contributed by atoms with van der Waals surface area (Å²) in [5, 5.41) is 19.1. The Morgan fingerprint density at radius 3 is 2.21 bits per heavy atom. The first-order valence-electron chi connectivity index (χ1n) is 5.39. The predicted octanol–water partition coefficient (Wildman–Crippen LogP) is 2.00. The van der Waals surface area contributed by atoms with Crippen molar-refractivity contribution in [3.05, 3.63) is 35.7 Å². The molecule has 1 aromatic rings. The van der Waals surface area contributed by atoms with Gasteiger partial charge in [0.15, 0.2) is 5.70 Å². The van der Waals surface area contributed by atoms with E-state index in [1.807, 2.05) is 0 Å². The topological polar surface area (TPSA) is 117 Å². The Bertz CT molecular complexity index is 543. The highest BCUT2D eigenvalue weighted by atomic mass is 16.3. The SMILES string of the molecule is CC(=O)Nc1ccc(N=N/C(C(N)=O)=C(\C)O)cc1. The molecule has 0 unspecified atom stereocenters. The normalized spacial score (nSPS) is 12.1. The second-order valence-corrected chi connectivity index (χ2v) is 3.73. The van der Waals surface area contributed by atoms with E-state index in [2.05, 4.69) is 15.5 Å². The van der Waals surface area contributed by atoms with Crippen molar-refractivity contribution in [1.82, 2.24) is 0 Å². The van der Waals surface area contributed by atoms with Crippen LogP contribution in [0, 0.1) is 0 Å². The maximum atomic E-state index is 10.9. The molecule has 0 saturated heterocycles. The monoisotopic (exact) mass is 262 g/mol. The molecule has 7 heteroatoms. The Labute approximate surface area is 109 Å². The fourth-order valence-electron chi connectivity index (χ4n) is 1.22. The van der Waals surface area contributed by atoms with Crippen molar-refractivity contribution in [3.8, 4) is 0 Å². The van der Waals surface area contributed by atoms with Gasteiger partial charge < -0.3 is 16.2 Å². The zero-order valence-electron chi connectivity index (χ0n) is 10.5. The number of benzene rings is 1. The van der Waals surface area contributed by atoms with E-state index >= 15 is 0 Å². The molecule has 0 aliphatic rings. The van der Waals surface area contributed by atoms with Gasteiger partial charge in [0.2, 0.25) is 5.91 Å². The van der Waals surface area contributed by atoms with E-state index in [9.17, 15) is 14.7 Å². The Morgan fingerprint density at radius 2 is 1.79 bits per heavy atom. The number of carbonyl (C=O) groups is 2. The van der Waals surface area contributed by atoms with Crippen LogP contribution in [-0.2, 0) is 9.59 Å². The highest BCUT2D eigenvalue weighted by Gasteiger charge is 2.07. The number of aliphatic hydroxyl groups is 1. The van der Waals surface area contributed by atoms with Gasteiger partial charge in [-0.1, -0.05) is 0 Å². The number of rotatable bonds is 4. The highest BCUT2D eigenvalue weighted by molar-refractivity contribution is 5.91. The van der Waals surface area contributed by atoms with Crippen molar-refractivity contribution in [2.45, 2.75) is 13.8 Å². The van der Waals surface area contributed by atoms with Crippen molar-refractivity contribution >= 4 is 23.2 Å². The summed E-state index contributed by atoms with van der Waals surface area (Å²) in [5.74, 6) is -1.34. The van der Waals surface area contributed by atoms with Crippen molar-refractivity contribution in [1.29, 1.82) is 0 Å². The van der Waals surface area contributed by atoms with Gasteiger partial charge in [-0.2, -0.15) is 5.11 Å². The summed E-state index contributed by atoms with van der Waals surface area (Å²) < 4.78 is 0. The van der Waals surface area contributed by atoms with E-state index < -0.39 is 5.91 Å². The van der Waals surface area contributed by atoms with E-state index in [0.29, 0.717) is 11.4 Å². The van der Waals surface area contributed by atoms with Crippen LogP contribution in [0.5, 0.6) is 0 Å². The Hall–Kier alpha value is -2.70. The second kappa shape index (κ2) is 6.29. The van der Waals surface area contributed by atoms with Crippen LogP contribution in [0.4, 0.5) is 11.4 Å². The molecule has 0 aromatic heterocycles. The minimum Gasteiger partial charge on any atom is -0.510 e. The van der Waals surface area contributed by atoms with Crippen LogP contribution >= 0.6 is 0 Å². The standard InChI is InChI=1S/C12H14N4O3/c1-7(17)11(12(13)19)16-15-10-5-3-9(4-6-10)14-8(2)18/h3-6,17H,1-2H3,(H2,13,19)(H,14,18)/b11-7+,16-15?. The molecule has 2 amide bonds. The fourth-order valence-corrected chi connectivity index (χ4v) is 1.22. The van der Waals surface area contributed by atoms with Gasteiger partial charge in [-0.25, -0.2) is 0 Å². The fraction of sp³-hybridized carbons (Fsp3) is 0.167. The molecule has 7 nitrogen and oxygen atoms in total. The van der Waals surface area contributed by atoms with Gasteiger partial charge in [0.1, 0.15) is 5.76 Å². The first kappa shape index (κ1) is 14.4. The molecule has 0 aliphatic heterocycles. The highest BCUT2D eigenvalue weighted by Crippen LogP contribution is 2.18. The number of amides is 2. The largest absolute Gasteiger partial charge is 0.510 e. The number of nitrogens with one attached hydrogen (secondary N) is 1. The lowest BCUT2D eigenvalue weighted by atomic mass is 10.3. The maximum Gasteiger partial charge on any atom is 0.272 e. The number of primary amides is 1. The molecule has 0 spiro atoms. The van der Waals surface area contributed by atoms with Crippen LogP contribution < -0.4 is 11.1 Å². The third kappa shape index (κ3) is 4.58. The Morgan fingerprint density at radius 1 is 1.21 bits per heavy atom. The smallest absolute Gasteiger partial charge is 0.272 e. The van der Waals surface area contributed by atoms with E-state index in [-0.39, 0.29) is 17.4 Å². The van der Waals surface area contributed by atoms with Gasteiger partial charge in [-0.05, 0) is 31.2 Å². The minimum absolute atomic E-state index is 0.177. The molecule has 0 radical (unpaired) electrons. The molecule has 0 heterocycles. The zero-order chi connectivity index (χ0) is 14.4. The molecule has 19 heavy (non-hydrogen) atoms. The van der Waals surface area contributed by atoms with Crippen LogP contribution in [0.3, 0.4) is 0 Å². The molecule has 1 rings (SSSR count). The zero-order valence-corrected chi connectivity index (χ0v) is 10.5. The number of azo groups is 1. The lowest BCUT2D eigenvalue weighted by Gasteiger charge is -2.01. The second-order valence-electron chi connectivity index (χ2n) is 3.73. The van der Waals surface area contributed by atoms with Crippen LogP contribution in [0.15, 0.2) is 46.0 Å². The lowest BCUT2D eigenvalue weighted by Crippen LogP contribution is -2.13. The van der Waals surface area contributed by atoms with Crippen molar-refractivity contribution in [2.24, 2.45) is 16.0 Å². The van der Waals surface area contributed by atoms with E-state index in [4.69, 9.17) is 5.73 Å². The molecule has 0 fully saturated rings. The van der Waals surface area contributed by atoms with Crippen molar-refractivity contribution in [3.63, 3.8) is 0 Å². The Balaban J connectivity index is 2.86. The van der Waals surface area contributed by atoms with Crippen LogP contribution in [0.25, 0.3) is 0 Å². The van der Waals surface area contributed by atoms with Gasteiger partial charge in [0, 0.05) is 12.6 Å². The third-order valence-corrected chi connectivity index (χ3v) is 2.03. The Kier molecular flexibility index (Phi) is 4.76. The summed E-state index contributed by atoms with van der Waals surface area (Å²) in [6, 6.07) is 6.46. The minimum atomic E-state index is -0.862. The van der Waals surface area contributed by atoms with Crippen LogP contribution in [0.1, 0.15) is 13.8 Å². The predicted molar refractivity (Wildman–Crippen MR) is 69.8 cm³/mol. The molecule has 0 aliphatic carbocycles. The summed E-state index contributed by atoms with van der Waals surface area (Å²) in [5.41, 5.74) is 5.80. The number of hydrogen-bond acceptors (Lipinski definition) is 5. The first-order valence-corrected chi connectivity index (χ1v) is 5.39. The molecule has 100 valence electrons. The third-order valence-electron chi connectivity index (χ3n) is 2.03. The van der Waals surface area contributed by atoms with Gasteiger partial charge in [0.25, 0.3) is 5.91 Å². The molecular weight excluding hydrogens is 248 g/mol. The number of allylic oxidation sites excluding steroid dienone is 1. The lowest BCUT2D eigenvalue weighted by molar-refractivity contribution is -0.115. The molecule has 0 atom stereocenters. The number of aliphatic hydroxyl groups excluding tert-OH is 1. The average Bonchev–Trinajstić information content (AvgIpc) is 2.29. The van der Waals surface area contributed by atoms with E-state index in [1.165, 1.54) is 13.8 Å². The van der Waals surface area contributed by atoms with E-state index in [0.717, 1.165) is 0 Å². The summed E-state index contributed by atoms with van der Waals surface area (Å²) in [7, 11) is 0. The van der Waals surface area contributed by atoms with E-state index in [1.54, 1.807) is 24.3 Å². The maximum absolute atomic E-state index is 10.9. The molecule has 1 aromatic carbocycles. The number of nitrogens with two attached hydrogens (primary N) is 1. The van der Waals surface area contributed by atoms with Crippen LogP contribution in [0.2, 0.25) is 0 Å². The van der Waals surface area contributed by atoms with Gasteiger partial charge >= 0.3 is 0 Å². The number of hydrogen-bond donors (Lipinski definition) is 3. The number of carbonyl (C=O) groups excluding carboxylic acids is 2. The van der Waals surface area contributed by atoms with Crippen molar-refractivity contribution in [2.75, 3.05) is 5.32 Å². The number of nitrogens with zero attached hydrogens (tertiary/aromatic N) is 2. The van der Waals surface area contributed by atoms with Gasteiger partial charge in [-0.15, -0.1) is 5.11 Å². The molecule has 0 bridgehead atoms. The molecular formula is C12H14N4O3. The average molecular weight is 262 g/mol. The summed E-state index contributed by atoms with van der Waals surface area (Å²) in [6.45, 7) is 2.70.